The third-order valence-corrected chi connectivity index (χ3v) is 4.31. The van der Waals surface area contributed by atoms with Gasteiger partial charge in [-0.05, 0) is 12.1 Å². The third-order valence-electron chi connectivity index (χ3n) is 4.31. The van der Waals surface area contributed by atoms with Crippen molar-refractivity contribution in [2.75, 3.05) is 25.6 Å². The summed E-state index contributed by atoms with van der Waals surface area (Å²) in [5.41, 5.74) is -0.356. The highest BCUT2D eigenvalue weighted by Crippen LogP contribution is 2.18. The van der Waals surface area contributed by atoms with Crippen LogP contribution in [-0.2, 0) is 20.6 Å². The Bertz CT molecular complexity index is 1070. The Balaban J connectivity index is 1.98. The molecule has 27 heavy (non-hydrogen) atoms. The molecule has 0 unspecified atom stereocenters. The molecule has 0 fully saturated rings. The third kappa shape index (κ3) is 3.45. The van der Waals surface area contributed by atoms with Crippen molar-refractivity contribution in [2.24, 2.45) is 14.1 Å². The first-order valence-corrected chi connectivity index (χ1v) is 8.50. The second-order valence-corrected chi connectivity index (χ2v) is 6.57. The maximum Gasteiger partial charge on any atom is 0.332 e. The summed E-state index contributed by atoms with van der Waals surface area (Å²) in [5.74, 6) is 1.13. The second kappa shape index (κ2) is 7.28. The maximum atomic E-state index is 12.7. The van der Waals surface area contributed by atoms with Crippen molar-refractivity contribution < 1.29 is 9.84 Å². The number of fused-ring (bicyclic) bond motifs is 1. The number of rotatable bonds is 6. The Morgan fingerprint density at radius 1 is 1.15 bits per heavy atom. The summed E-state index contributed by atoms with van der Waals surface area (Å²) >= 11 is 0. The summed E-state index contributed by atoms with van der Waals surface area (Å²) in [4.78, 5) is 31.0. The van der Waals surface area contributed by atoms with E-state index in [4.69, 9.17) is 4.74 Å². The molecule has 1 aromatic carbocycles. The fourth-order valence-electron chi connectivity index (χ4n) is 2.92. The van der Waals surface area contributed by atoms with E-state index in [1.165, 1.54) is 11.6 Å². The van der Waals surface area contributed by atoms with E-state index in [1.807, 2.05) is 18.2 Å². The summed E-state index contributed by atoms with van der Waals surface area (Å²) in [5, 5.41) is 10.5. The molecule has 1 N–H and O–H groups in total. The Labute approximate surface area is 155 Å². The van der Waals surface area contributed by atoms with Gasteiger partial charge >= 0.3 is 5.69 Å². The van der Waals surface area contributed by atoms with Crippen LogP contribution in [0.4, 0.5) is 5.95 Å². The van der Waals surface area contributed by atoms with Crippen LogP contribution in [0.1, 0.15) is 0 Å². The molecule has 2 aromatic heterocycles. The lowest BCUT2D eigenvalue weighted by atomic mass is 10.3. The topological polar surface area (TPSA) is 94.5 Å². The zero-order valence-corrected chi connectivity index (χ0v) is 15.8. The predicted octanol–water partition coefficient (Wildman–Crippen LogP) is -0.0604. The summed E-state index contributed by atoms with van der Waals surface area (Å²) in [7, 11) is 6.56. The number of para-hydroxylation sites is 1. The fraction of sp³-hybridized carbons (Fsp3) is 0.389. The maximum absolute atomic E-state index is 12.7. The van der Waals surface area contributed by atoms with Crippen LogP contribution >= 0.6 is 0 Å². The zero-order valence-electron chi connectivity index (χ0n) is 15.8. The number of anilines is 1. The minimum atomic E-state index is -0.872. The molecule has 0 saturated carbocycles. The first kappa shape index (κ1) is 18.7. The summed E-state index contributed by atoms with van der Waals surface area (Å²) in [6.45, 7) is 0.160. The number of aryl methyl sites for hydroxylation is 1. The van der Waals surface area contributed by atoms with Crippen molar-refractivity contribution in [1.82, 2.24) is 18.7 Å². The van der Waals surface area contributed by atoms with Crippen molar-refractivity contribution in [3.05, 3.63) is 51.2 Å². The molecule has 0 bridgehead atoms. The van der Waals surface area contributed by atoms with Gasteiger partial charge < -0.3 is 19.3 Å². The highest BCUT2D eigenvalue weighted by Gasteiger charge is 2.22. The minimum absolute atomic E-state index is 0.0582. The van der Waals surface area contributed by atoms with Crippen LogP contribution < -0.4 is 20.9 Å². The molecular formula is C18H23N5O4. The second-order valence-electron chi connectivity index (χ2n) is 6.57. The van der Waals surface area contributed by atoms with Gasteiger partial charge in [0.1, 0.15) is 18.5 Å². The van der Waals surface area contributed by atoms with Gasteiger partial charge in [-0.15, -0.1) is 0 Å². The number of benzene rings is 1. The number of hydrogen-bond acceptors (Lipinski definition) is 6. The fourth-order valence-corrected chi connectivity index (χ4v) is 2.92. The van der Waals surface area contributed by atoms with E-state index in [2.05, 4.69) is 4.98 Å². The van der Waals surface area contributed by atoms with Crippen LogP contribution in [0.5, 0.6) is 5.75 Å². The largest absolute Gasteiger partial charge is 0.491 e. The van der Waals surface area contributed by atoms with Crippen molar-refractivity contribution in [3.63, 3.8) is 0 Å². The van der Waals surface area contributed by atoms with E-state index in [0.717, 1.165) is 4.57 Å². The average molecular weight is 373 g/mol. The van der Waals surface area contributed by atoms with Crippen molar-refractivity contribution in [2.45, 2.75) is 12.6 Å². The van der Waals surface area contributed by atoms with Gasteiger partial charge in [0, 0.05) is 28.2 Å². The first-order valence-electron chi connectivity index (χ1n) is 8.50. The van der Waals surface area contributed by atoms with Crippen LogP contribution in [0, 0.1) is 0 Å². The Morgan fingerprint density at radius 2 is 1.81 bits per heavy atom. The molecule has 0 amide bonds. The van der Waals surface area contributed by atoms with Crippen molar-refractivity contribution >= 4 is 17.1 Å². The Morgan fingerprint density at radius 3 is 2.44 bits per heavy atom. The molecule has 3 aromatic rings. The molecule has 0 aliphatic heterocycles. The molecule has 2 heterocycles. The first-order chi connectivity index (χ1) is 12.8. The van der Waals surface area contributed by atoms with Gasteiger partial charge in [0.2, 0.25) is 5.95 Å². The standard InChI is InChI=1S/C18H23N5O4/c1-20(2)17-19-15-14(16(25)22(4)18(26)21(15)3)23(17)10-12(24)11-27-13-8-6-5-7-9-13/h5-9,12,24H,10-11H2,1-4H3/t12-/m1/s1. The lowest BCUT2D eigenvalue weighted by Crippen LogP contribution is -2.38. The monoisotopic (exact) mass is 373 g/mol. The van der Waals surface area contributed by atoms with E-state index in [0.29, 0.717) is 11.7 Å². The number of ether oxygens (including phenoxy) is 1. The lowest BCUT2D eigenvalue weighted by molar-refractivity contribution is 0.0937. The quantitative estimate of drug-likeness (QED) is 0.651. The van der Waals surface area contributed by atoms with Gasteiger partial charge in [-0.2, -0.15) is 4.98 Å². The summed E-state index contributed by atoms with van der Waals surface area (Å²) in [6, 6.07) is 9.18. The van der Waals surface area contributed by atoms with E-state index in [9.17, 15) is 14.7 Å². The molecular weight excluding hydrogens is 350 g/mol. The molecule has 0 spiro atoms. The number of nitrogens with zero attached hydrogens (tertiary/aromatic N) is 5. The number of hydrogen-bond donors (Lipinski definition) is 1. The van der Waals surface area contributed by atoms with E-state index < -0.39 is 17.4 Å². The molecule has 3 rings (SSSR count). The highest BCUT2D eigenvalue weighted by atomic mass is 16.5. The Hall–Kier alpha value is -3.07. The van der Waals surface area contributed by atoms with Crippen LogP contribution in [0.15, 0.2) is 39.9 Å². The Kier molecular flexibility index (Phi) is 5.04. The van der Waals surface area contributed by atoms with Gasteiger partial charge in [-0.3, -0.25) is 13.9 Å². The van der Waals surface area contributed by atoms with Gasteiger partial charge in [0.05, 0.1) is 6.54 Å². The van der Waals surface area contributed by atoms with Crippen LogP contribution in [0.25, 0.3) is 11.2 Å². The van der Waals surface area contributed by atoms with Gasteiger partial charge in [0.25, 0.3) is 5.56 Å². The van der Waals surface area contributed by atoms with E-state index >= 15 is 0 Å². The summed E-state index contributed by atoms with van der Waals surface area (Å²) < 4.78 is 9.57. The van der Waals surface area contributed by atoms with Crippen LogP contribution in [0.3, 0.4) is 0 Å². The van der Waals surface area contributed by atoms with Gasteiger partial charge in [-0.1, -0.05) is 18.2 Å². The number of aliphatic hydroxyl groups is 1. The van der Waals surface area contributed by atoms with E-state index in [1.54, 1.807) is 42.7 Å². The minimum Gasteiger partial charge on any atom is -0.491 e. The molecule has 0 saturated heterocycles. The molecule has 0 aliphatic rings. The SMILES string of the molecule is CN(C)c1nc2c(c(=O)n(C)c(=O)n2C)n1C[C@@H](O)COc1ccccc1. The van der Waals surface area contributed by atoms with Gasteiger partial charge in [0.15, 0.2) is 11.2 Å². The molecule has 1 atom stereocenters. The number of aromatic nitrogens is 4. The zero-order chi connectivity index (χ0) is 19.7. The van der Waals surface area contributed by atoms with Gasteiger partial charge in [-0.25, -0.2) is 4.79 Å². The number of imidazole rings is 1. The lowest BCUT2D eigenvalue weighted by Gasteiger charge is -2.18. The van der Waals surface area contributed by atoms with Crippen LogP contribution in [-0.4, -0.2) is 50.6 Å². The average Bonchev–Trinajstić information content (AvgIpc) is 3.03. The molecule has 9 heteroatoms. The highest BCUT2D eigenvalue weighted by molar-refractivity contribution is 5.74. The summed E-state index contributed by atoms with van der Waals surface area (Å²) in [6.07, 6.45) is -0.872. The number of aliphatic hydroxyl groups excluding tert-OH is 1. The van der Waals surface area contributed by atoms with E-state index in [-0.39, 0.29) is 24.3 Å². The smallest absolute Gasteiger partial charge is 0.332 e. The van der Waals surface area contributed by atoms with Crippen molar-refractivity contribution in [3.8, 4) is 5.75 Å². The molecule has 9 nitrogen and oxygen atoms in total. The molecule has 0 radical (unpaired) electrons. The molecule has 0 aliphatic carbocycles. The van der Waals surface area contributed by atoms with Crippen molar-refractivity contribution in [1.29, 1.82) is 0 Å². The molecule has 144 valence electrons. The normalized spacial score (nSPS) is 12.3. The predicted molar refractivity (Wildman–Crippen MR) is 102 cm³/mol. The van der Waals surface area contributed by atoms with Crippen LogP contribution in [0.2, 0.25) is 0 Å².